The van der Waals surface area contributed by atoms with Gasteiger partial charge in [-0.25, -0.2) is 0 Å². The van der Waals surface area contributed by atoms with Crippen LogP contribution in [0.4, 0.5) is 0 Å². The van der Waals surface area contributed by atoms with Crippen LogP contribution in [0, 0.1) is 0 Å². The molecule has 0 amide bonds. The summed E-state index contributed by atoms with van der Waals surface area (Å²) in [5, 5.41) is -1.01. The van der Waals surface area contributed by atoms with Crippen LogP contribution in [-0.4, -0.2) is 22.5 Å². The zero-order chi connectivity index (χ0) is 15.7. The maximum atomic E-state index is 12.3. The highest BCUT2D eigenvalue weighted by atomic mass is 35.5. The number of halogens is 1. The zero-order valence-electron chi connectivity index (χ0n) is 11.7. The Labute approximate surface area is 131 Å². The van der Waals surface area contributed by atoms with E-state index < -0.39 is 11.0 Å². The van der Waals surface area contributed by atoms with Crippen LogP contribution in [0.3, 0.4) is 0 Å². The quantitative estimate of drug-likeness (QED) is 0.420. The molecule has 0 saturated carbocycles. The molecule has 2 aromatic heterocycles. The van der Waals surface area contributed by atoms with E-state index in [0.717, 1.165) is 11.1 Å². The van der Waals surface area contributed by atoms with Crippen molar-refractivity contribution < 1.29 is 14.3 Å². The first kappa shape index (κ1) is 14.4. The van der Waals surface area contributed by atoms with Crippen molar-refractivity contribution in [3.63, 3.8) is 0 Å². The maximum Gasteiger partial charge on any atom is 0.294 e. The fourth-order valence-electron chi connectivity index (χ4n) is 2.43. The van der Waals surface area contributed by atoms with E-state index in [1.54, 1.807) is 16.7 Å². The fraction of sp³-hybridized carbons (Fsp3) is 0.0588. The van der Waals surface area contributed by atoms with E-state index in [-0.39, 0.29) is 5.69 Å². The molecule has 0 N–H and O–H groups in total. The SMILES string of the molecule is COc1ccc2cc(-c3ccccc3)c(C(=O)C(=O)Cl)n2c1. The normalized spacial score (nSPS) is 10.6. The third-order valence-corrected chi connectivity index (χ3v) is 3.63. The summed E-state index contributed by atoms with van der Waals surface area (Å²) < 4.78 is 6.81. The van der Waals surface area contributed by atoms with Gasteiger partial charge in [-0.1, -0.05) is 30.3 Å². The molecule has 0 atom stereocenters. The Morgan fingerprint density at radius 1 is 1.09 bits per heavy atom. The molecule has 3 rings (SSSR count). The first-order valence-corrected chi connectivity index (χ1v) is 6.98. The van der Waals surface area contributed by atoms with Crippen LogP contribution in [0.2, 0.25) is 0 Å². The number of methoxy groups -OCH3 is 1. The predicted octanol–water partition coefficient (Wildman–Crippen LogP) is 3.56. The molecule has 0 radical (unpaired) electrons. The van der Waals surface area contributed by atoms with Gasteiger partial charge in [0.25, 0.3) is 11.0 Å². The van der Waals surface area contributed by atoms with Gasteiger partial charge in [0.15, 0.2) is 0 Å². The number of pyridine rings is 1. The maximum absolute atomic E-state index is 12.3. The lowest BCUT2D eigenvalue weighted by Crippen LogP contribution is -2.11. The molecule has 4 nitrogen and oxygen atoms in total. The van der Waals surface area contributed by atoms with Crippen LogP contribution in [-0.2, 0) is 4.79 Å². The number of Topliss-reactive ketones (excluding diaryl/α,β-unsaturated/α-hetero) is 1. The summed E-state index contributed by atoms with van der Waals surface area (Å²) in [6, 6.07) is 14.8. The topological polar surface area (TPSA) is 47.8 Å². The number of ether oxygens (including phenoxy) is 1. The van der Waals surface area contributed by atoms with Gasteiger partial charge in [-0.15, -0.1) is 0 Å². The van der Waals surface area contributed by atoms with Crippen molar-refractivity contribution in [2.45, 2.75) is 0 Å². The van der Waals surface area contributed by atoms with Gasteiger partial charge in [-0.05, 0) is 35.4 Å². The molecule has 0 aliphatic heterocycles. The van der Waals surface area contributed by atoms with Crippen molar-refractivity contribution in [2.75, 3.05) is 7.11 Å². The molecular formula is C17H12ClNO3. The lowest BCUT2D eigenvalue weighted by atomic mass is 10.0. The molecule has 0 unspecified atom stereocenters. The molecular weight excluding hydrogens is 302 g/mol. The van der Waals surface area contributed by atoms with Gasteiger partial charge in [0.2, 0.25) is 0 Å². The smallest absolute Gasteiger partial charge is 0.294 e. The second-order valence-corrected chi connectivity index (χ2v) is 5.08. The summed E-state index contributed by atoms with van der Waals surface area (Å²) in [4.78, 5) is 23.7. The van der Waals surface area contributed by atoms with Crippen molar-refractivity contribution in [3.05, 3.63) is 60.4 Å². The second-order valence-electron chi connectivity index (χ2n) is 4.74. The van der Waals surface area contributed by atoms with E-state index in [1.165, 1.54) is 7.11 Å². The van der Waals surface area contributed by atoms with Crippen molar-refractivity contribution in [2.24, 2.45) is 0 Å². The minimum absolute atomic E-state index is 0.236. The summed E-state index contributed by atoms with van der Waals surface area (Å²) in [5.74, 6) is -0.160. The summed E-state index contributed by atoms with van der Waals surface area (Å²) in [7, 11) is 1.54. The van der Waals surface area contributed by atoms with Gasteiger partial charge in [-0.3, -0.25) is 9.59 Å². The number of hydrogen-bond donors (Lipinski definition) is 0. The highest BCUT2D eigenvalue weighted by molar-refractivity contribution is 6.83. The Morgan fingerprint density at radius 3 is 2.45 bits per heavy atom. The Kier molecular flexibility index (Phi) is 3.69. The number of nitrogens with zero attached hydrogens (tertiary/aromatic N) is 1. The van der Waals surface area contributed by atoms with Crippen LogP contribution in [0.25, 0.3) is 16.6 Å². The number of fused-ring (bicyclic) bond motifs is 1. The van der Waals surface area contributed by atoms with Gasteiger partial charge in [0, 0.05) is 11.1 Å². The van der Waals surface area contributed by atoms with E-state index >= 15 is 0 Å². The predicted molar refractivity (Wildman–Crippen MR) is 84.6 cm³/mol. The highest BCUT2D eigenvalue weighted by Crippen LogP contribution is 2.30. The fourth-order valence-corrected chi connectivity index (χ4v) is 2.52. The van der Waals surface area contributed by atoms with Crippen molar-refractivity contribution in [1.82, 2.24) is 4.40 Å². The first-order valence-electron chi connectivity index (χ1n) is 6.60. The van der Waals surface area contributed by atoms with Crippen molar-refractivity contribution >= 4 is 28.1 Å². The summed E-state index contributed by atoms with van der Waals surface area (Å²) in [6.45, 7) is 0. The number of benzene rings is 1. The van der Waals surface area contributed by atoms with Gasteiger partial charge < -0.3 is 9.14 Å². The highest BCUT2D eigenvalue weighted by Gasteiger charge is 2.23. The molecule has 0 saturated heterocycles. The van der Waals surface area contributed by atoms with Crippen LogP contribution in [0.1, 0.15) is 10.5 Å². The van der Waals surface area contributed by atoms with E-state index in [1.807, 2.05) is 42.5 Å². The average Bonchev–Trinajstić information content (AvgIpc) is 2.93. The van der Waals surface area contributed by atoms with Gasteiger partial charge in [-0.2, -0.15) is 0 Å². The standard InChI is InChI=1S/C17H12ClNO3/c1-22-13-8-7-12-9-14(11-5-3-2-4-6-11)15(19(12)10-13)16(20)17(18)21/h2-10H,1H3. The molecule has 0 fully saturated rings. The second kappa shape index (κ2) is 5.66. The Hall–Kier alpha value is -2.59. The van der Waals surface area contributed by atoms with E-state index in [4.69, 9.17) is 16.3 Å². The molecule has 110 valence electrons. The third kappa shape index (κ3) is 2.38. The van der Waals surface area contributed by atoms with Gasteiger partial charge in [0.1, 0.15) is 11.4 Å². The molecule has 0 aliphatic carbocycles. The number of hydrogen-bond acceptors (Lipinski definition) is 3. The molecule has 0 bridgehead atoms. The molecule has 0 aliphatic rings. The van der Waals surface area contributed by atoms with E-state index in [2.05, 4.69) is 0 Å². The Bertz CT molecular complexity index is 868. The molecule has 0 spiro atoms. The zero-order valence-corrected chi connectivity index (χ0v) is 12.5. The molecule has 3 aromatic rings. The molecule has 2 heterocycles. The summed E-state index contributed by atoms with van der Waals surface area (Å²) >= 11 is 5.42. The number of ketones is 1. The monoisotopic (exact) mass is 313 g/mol. The third-order valence-electron chi connectivity index (χ3n) is 3.46. The van der Waals surface area contributed by atoms with Crippen LogP contribution in [0.15, 0.2) is 54.7 Å². The number of carbonyl (C=O) groups is 2. The Morgan fingerprint density at radius 2 is 1.82 bits per heavy atom. The molecule has 22 heavy (non-hydrogen) atoms. The minimum Gasteiger partial charge on any atom is -0.495 e. The number of aromatic nitrogens is 1. The lowest BCUT2D eigenvalue weighted by molar-refractivity contribution is -0.108. The Balaban J connectivity index is 2.34. The van der Waals surface area contributed by atoms with Crippen LogP contribution in [0.5, 0.6) is 5.75 Å². The lowest BCUT2D eigenvalue weighted by Gasteiger charge is -2.05. The summed E-state index contributed by atoms with van der Waals surface area (Å²) in [6.07, 6.45) is 1.66. The first-order chi connectivity index (χ1) is 10.6. The van der Waals surface area contributed by atoms with Crippen LogP contribution < -0.4 is 4.74 Å². The van der Waals surface area contributed by atoms with E-state index in [9.17, 15) is 9.59 Å². The molecule has 5 heteroatoms. The number of carbonyl (C=O) groups excluding carboxylic acids is 2. The molecule has 1 aromatic carbocycles. The number of rotatable bonds is 4. The van der Waals surface area contributed by atoms with Gasteiger partial charge in [0.05, 0.1) is 13.3 Å². The van der Waals surface area contributed by atoms with Gasteiger partial charge >= 0.3 is 0 Å². The van der Waals surface area contributed by atoms with E-state index in [0.29, 0.717) is 11.3 Å². The summed E-state index contributed by atoms with van der Waals surface area (Å²) in [5.41, 5.74) is 2.51. The largest absolute Gasteiger partial charge is 0.495 e. The average molecular weight is 314 g/mol. The minimum atomic E-state index is -1.01. The van der Waals surface area contributed by atoms with Crippen molar-refractivity contribution in [1.29, 1.82) is 0 Å². The van der Waals surface area contributed by atoms with Crippen molar-refractivity contribution in [3.8, 4) is 16.9 Å². The van der Waals surface area contributed by atoms with Crippen LogP contribution >= 0.6 is 11.6 Å².